The molecule has 3 nitrogen and oxygen atoms in total. The summed E-state index contributed by atoms with van der Waals surface area (Å²) < 4.78 is 6.34. The Morgan fingerprint density at radius 3 is 2.57 bits per heavy atom. The molecule has 3 rings (SSSR count). The van der Waals surface area contributed by atoms with Crippen molar-refractivity contribution in [1.29, 1.82) is 0 Å². The minimum Gasteiger partial charge on any atom is -0.457 e. The van der Waals surface area contributed by atoms with Gasteiger partial charge in [0.05, 0.1) is 4.91 Å². The first kappa shape index (κ1) is 16.6. The Kier molecular flexibility index (Phi) is 4.82. The van der Waals surface area contributed by atoms with Crippen molar-refractivity contribution >= 4 is 63.5 Å². The molecule has 0 aliphatic carbocycles. The van der Waals surface area contributed by atoms with Gasteiger partial charge >= 0.3 is 0 Å². The zero-order valence-corrected chi connectivity index (χ0v) is 15.2. The Morgan fingerprint density at radius 2 is 1.96 bits per heavy atom. The molecule has 1 saturated heterocycles. The van der Waals surface area contributed by atoms with Crippen LogP contribution in [0.3, 0.4) is 0 Å². The second kappa shape index (κ2) is 6.69. The van der Waals surface area contributed by atoms with Gasteiger partial charge < -0.3 is 4.42 Å². The minimum absolute atomic E-state index is 0.0914. The van der Waals surface area contributed by atoms with Gasteiger partial charge in [-0.3, -0.25) is 9.69 Å². The van der Waals surface area contributed by atoms with Gasteiger partial charge in [-0.25, -0.2) is 0 Å². The average molecular weight is 384 g/mol. The van der Waals surface area contributed by atoms with E-state index in [0.717, 1.165) is 5.56 Å². The molecule has 2 aromatic rings. The summed E-state index contributed by atoms with van der Waals surface area (Å²) in [5.41, 5.74) is 0.781. The van der Waals surface area contributed by atoms with Gasteiger partial charge in [0.15, 0.2) is 0 Å². The molecule has 0 N–H and O–H groups in total. The molecule has 0 bridgehead atoms. The zero-order valence-electron chi connectivity index (χ0n) is 12.0. The van der Waals surface area contributed by atoms with E-state index in [1.807, 2.05) is 13.0 Å². The van der Waals surface area contributed by atoms with E-state index in [1.165, 1.54) is 11.8 Å². The Morgan fingerprint density at radius 1 is 1.26 bits per heavy atom. The first-order valence-corrected chi connectivity index (χ1v) is 8.77. The molecule has 1 aliphatic heterocycles. The van der Waals surface area contributed by atoms with Crippen molar-refractivity contribution < 1.29 is 9.21 Å². The summed E-state index contributed by atoms with van der Waals surface area (Å²) in [5.74, 6) is 1.12. The number of likely N-dealkylation sites (N-methyl/N-ethyl adjacent to an activating group) is 1. The van der Waals surface area contributed by atoms with Crippen molar-refractivity contribution in [3.05, 3.63) is 51.0 Å². The van der Waals surface area contributed by atoms with E-state index in [2.05, 4.69) is 0 Å². The van der Waals surface area contributed by atoms with E-state index in [4.69, 9.17) is 39.8 Å². The molecule has 0 radical (unpaired) electrons. The van der Waals surface area contributed by atoms with Gasteiger partial charge in [0.25, 0.3) is 5.91 Å². The fourth-order valence-corrected chi connectivity index (χ4v) is 4.07. The van der Waals surface area contributed by atoms with Crippen LogP contribution in [0.5, 0.6) is 0 Å². The third-order valence-corrected chi connectivity index (χ3v) is 5.05. The van der Waals surface area contributed by atoms with Crippen molar-refractivity contribution in [1.82, 2.24) is 4.90 Å². The maximum absolute atomic E-state index is 12.2. The summed E-state index contributed by atoms with van der Waals surface area (Å²) in [7, 11) is 0. The molecular weight excluding hydrogens is 373 g/mol. The lowest BCUT2D eigenvalue weighted by atomic mass is 10.2. The summed E-state index contributed by atoms with van der Waals surface area (Å²) in [4.78, 5) is 14.3. The number of furan rings is 1. The predicted octanol–water partition coefficient (Wildman–Crippen LogP) is 5.47. The molecule has 0 unspecified atom stereocenters. The van der Waals surface area contributed by atoms with E-state index < -0.39 is 0 Å². The second-order valence-electron chi connectivity index (χ2n) is 4.79. The highest BCUT2D eigenvalue weighted by Crippen LogP contribution is 2.34. The average Bonchev–Trinajstić information content (AvgIpc) is 3.04. The van der Waals surface area contributed by atoms with Gasteiger partial charge in [-0.05, 0) is 37.3 Å². The van der Waals surface area contributed by atoms with E-state index in [-0.39, 0.29) is 5.91 Å². The van der Waals surface area contributed by atoms with Crippen LogP contribution in [0.4, 0.5) is 0 Å². The Bertz CT molecular complexity index is 809. The van der Waals surface area contributed by atoms with Gasteiger partial charge in [0.2, 0.25) is 0 Å². The summed E-state index contributed by atoms with van der Waals surface area (Å²) in [6, 6.07) is 8.81. The highest BCUT2D eigenvalue weighted by atomic mass is 35.5. The number of hydrogen-bond acceptors (Lipinski definition) is 4. The minimum atomic E-state index is -0.0914. The standard InChI is InChI=1S/C16H11Cl2NO2S2/c1-2-19-15(20)14(23-16(19)22)8-12-3-4-13(21-12)9-5-10(17)7-11(18)6-9/h3-8H,2H2,1H3/b14-8+. The van der Waals surface area contributed by atoms with Crippen LogP contribution in [-0.2, 0) is 4.79 Å². The van der Waals surface area contributed by atoms with Gasteiger partial charge in [-0.15, -0.1) is 0 Å². The lowest BCUT2D eigenvalue weighted by Crippen LogP contribution is -2.27. The van der Waals surface area contributed by atoms with Gasteiger partial charge in [-0.1, -0.05) is 47.2 Å². The fraction of sp³-hybridized carbons (Fsp3) is 0.125. The molecule has 118 valence electrons. The molecule has 1 aromatic carbocycles. The summed E-state index contributed by atoms with van der Waals surface area (Å²) in [5, 5.41) is 1.07. The molecule has 0 spiro atoms. The first-order chi connectivity index (χ1) is 11.0. The maximum Gasteiger partial charge on any atom is 0.266 e. The molecule has 1 fully saturated rings. The van der Waals surface area contributed by atoms with Crippen molar-refractivity contribution in [3.63, 3.8) is 0 Å². The third kappa shape index (κ3) is 3.48. The Balaban J connectivity index is 1.89. The summed E-state index contributed by atoms with van der Waals surface area (Å²) in [6.45, 7) is 2.45. The number of hydrogen-bond donors (Lipinski definition) is 0. The summed E-state index contributed by atoms with van der Waals surface area (Å²) in [6.07, 6.45) is 1.70. The smallest absolute Gasteiger partial charge is 0.266 e. The predicted molar refractivity (Wildman–Crippen MR) is 99.7 cm³/mol. The Labute approximate surface area is 153 Å². The molecule has 1 amide bonds. The number of halogens is 2. The van der Waals surface area contributed by atoms with Crippen molar-refractivity contribution in [2.45, 2.75) is 6.92 Å². The molecular formula is C16H11Cl2NO2S2. The SMILES string of the molecule is CCN1C(=O)/C(=C\c2ccc(-c3cc(Cl)cc(Cl)c3)o2)SC1=S. The molecule has 7 heteroatoms. The van der Waals surface area contributed by atoms with Crippen LogP contribution in [-0.4, -0.2) is 21.7 Å². The number of carbonyl (C=O) groups is 1. The number of thioether (sulfide) groups is 1. The highest BCUT2D eigenvalue weighted by molar-refractivity contribution is 8.26. The normalized spacial score (nSPS) is 16.7. The van der Waals surface area contributed by atoms with Crippen molar-refractivity contribution in [2.75, 3.05) is 6.54 Å². The molecule has 2 heterocycles. The van der Waals surface area contributed by atoms with Gasteiger partial charge in [0.1, 0.15) is 15.8 Å². The number of amides is 1. The summed E-state index contributed by atoms with van der Waals surface area (Å²) >= 11 is 18.5. The van der Waals surface area contributed by atoms with E-state index in [1.54, 1.807) is 35.2 Å². The second-order valence-corrected chi connectivity index (χ2v) is 7.33. The number of rotatable bonds is 3. The molecule has 0 saturated carbocycles. The molecule has 1 aromatic heterocycles. The lowest BCUT2D eigenvalue weighted by molar-refractivity contribution is -0.121. The van der Waals surface area contributed by atoms with Crippen LogP contribution in [0.2, 0.25) is 10.0 Å². The third-order valence-electron chi connectivity index (χ3n) is 3.24. The quantitative estimate of drug-likeness (QED) is 0.519. The molecule has 0 atom stereocenters. The lowest BCUT2D eigenvalue weighted by Gasteiger charge is -2.09. The number of carbonyl (C=O) groups excluding carboxylic acids is 1. The van der Waals surface area contributed by atoms with Crippen LogP contribution < -0.4 is 0 Å². The largest absolute Gasteiger partial charge is 0.457 e. The zero-order chi connectivity index (χ0) is 16.6. The molecule has 1 aliphatic rings. The fourth-order valence-electron chi connectivity index (χ4n) is 2.18. The maximum atomic E-state index is 12.2. The van der Waals surface area contributed by atoms with Gasteiger partial charge in [0, 0.05) is 28.2 Å². The van der Waals surface area contributed by atoms with Crippen LogP contribution in [0.15, 0.2) is 39.7 Å². The van der Waals surface area contributed by atoms with Crippen LogP contribution >= 0.6 is 47.2 Å². The molecule has 23 heavy (non-hydrogen) atoms. The van der Waals surface area contributed by atoms with Crippen molar-refractivity contribution in [2.24, 2.45) is 0 Å². The van der Waals surface area contributed by atoms with Crippen molar-refractivity contribution in [3.8, 4) is 11.3 Å². The van der Waals surface area contributed by atoms with E-state index >= 15 is 0 Å². The first-order valence-electron chi connectivity index (χ1n) is 6.79. The Hall–Kier alpha value is -1.27. The number of thiocarbonyl (C=S) groups is 1. The number of nitrogens with zero attached hydrogens (tertiary/aromatic N) is 1. The number of benzene rings is 1. The topological polar surface area (TPSA) is 33.5 Å². The van der Waals surface area contributed by atoms with E-state index in [9.17, 15) is 4.79 Å². The van der Waals surface area contributed by atoms with E-state index in [0.29, 0.717) is 37.3 Å². The van der Waals surface area contributed by atoms with Gasteiger partial charge in [-0.2, -0.15) is 0 Å². The van der Waals surface area contributed by atoms with Crippen LogP contribution in [0, 0.1) is 0 Å². The van der Waals surface area contributed by atoms with Crippen LogP contribution in [0.25, 0.3) is 17.4 Å². The monoisotopic (exact) mass is 383 g/mol. The van der Waals surface area contributed by atoms with Crippen LogP contribution in [0.1, 0.15) is 12.7 Å². The highest BCUT2D eigenvalue weighted by Gasteiger charge is 2.30.